The molecule has 0 saturated heterocycles. The molecule has 4 rings (SSSR count). The highest BCUT2D eigenvalue weighted by molar-refractivity contribution is 7.89. The summed E-state index contributed by atoms with van der Waals surface area (Å²) in [6.07, 6.45) is 0.430. The molecule has 11 nitrogen and oxygen atoms in total. The van der Waals surface area contributed by atoms with Crippen molar-refractivity contribution in [2.24, 2.45) is 10.2 Å². The van der Waals surface area contributed by atoms with E-state index in [0.717, 1.165) is 16.5 Å². The van der Waals surface area contributed by atoms with E-state index in [-0.39, 0.29) is 16.2 Å². The second-order valence-electron chi connectivity index (χ2n) is 8.08. The summed E-state index contributed by atoms with van der Waals surface area (Å²) in [5.74, 6) is -0.431. The molecule has 0 saturated carbocycles. The number of sulfonamides is 1. The minimum Gasteiger partial charge on any atom is -0.496 e. The summed E-state index contributed by atoms with van der Waals surface area (Å²) in [4.78, 5) is 26.7. The van der Waals surface area contributed by atoms with E-state index in [2.05, 4.69) is 5.10 Å². The third-order valence-corrected chi connectivity index (χ3v) is 7.64. The third-order valence-electron chi connectivity index (χ3n) is 5.81. The van der Waals surface area contributed by atoms with Crippen LogP contribution < -0.4 is 19.3 Å². The van der Waals surface area contributed by atoms with Crippen molar-refractivity contribution in [3.05, 3.63) is 69.9 Å². The van der Waals surface area contributed by atoms with Crippen molar-refractivity contribution in [1.82, 2.24) is 5.01 Å². The van der Waals surface area contributed by atoms with Crippen LogP contribution in [0.2, 0.25) is 0 Å². The fraction of sp³-hybridized carbons (Fsp3) is 0.240. The molecule has 0 spiro atoms. The molecule has 0 aliphatic carbocycles. The lowest BCUT2D eigenvalue weighted by Gasteiger charge is -2.23. The predicted octanol–water partition coefficient (Wildman–Crippen LogP) is 2.96. The van der Waals surface area contributed by atoms with Gasteiger partial charge in [-0.15, -0.1) is 11.3 Å². The van der Waals surface area contributed by atoms with Crippen LogP contribution in [0.1, 0.15) is 33.3 Å². The van der Waals surface area contributed by atoms with E-state index in [1.807, 2.05) is 23.6 Å². The Kier molecular flexibility index (Phi) is 7.99. The number of esters is 1. The molecular weight excluding hydrogens is 534 g/mol. The van der Waals surface area contributed by atoms with Gasteiger partial charge in [0.25, 0.3) is 5.91 Å². The molecule has 1 aliphatic heterocycles. The van der Waals surface area contributed by atoms with Gasteiger partial charge in [-0.2, -0.15) is 5.10 Å². The Hall–Kier alpha value is -3.94. The number of ether oxygens (including phenoxy) is 4. The van der Waals surface area contributed by atoms with Gasteiger partial charge in [0.1, 0.15) is 11.3 Å². The van der Waals surface area contributed by atoms with E-state index in [0.29, 0.717) is 23.6 Å². The molecule has 0 unspecified atom stereocenters. The highest BCUT2D eigenvalue weighted by Gasteiger charge is 2.34. The number of carbonyl (C=O) groups is 2. The molecule has 2 aromatic carbocycles. The molecule has 1 atom stereocenters. The van der Waals surface area contributed by atoms with E-state index in [4.69, 9.17) is 24.1 Å². The second kappa shape index (κ2) is 11.2. The smallest absolute Gasteiger partial charge is 0.342 e. The number of hydrogen-bond donors (Lipinski definition) is 1. The summed E-state index contributed by atoms with van der Waals surface area (Å²) in [5, 5.41) is 12.9. The number of rotatable bonds is 9. The molecular formula is C25H25N3O8S2. The SMILES string of the molecule is COc1ccc([C@@H]2CC(c3cccs3)=NN2C(=O)COC(=O)c2cc(S(N)(=O)=O)ccc2OC)cc1OC. The second-order valence-corrected chi connectivity index (χ2v) is 10.6. The number of hydrogen-bond acceptors (Lipinski definition) is 10. The van der Waals surface area contributed by atoms with Gasteiger partial charge in [0.05, 0.1) is 42.9 Å². The summed E-state index contributed by atoms with van der Waals surface area (Å²) in [5.41, 5.74) is 1.27. The number of primary sulfonamides is 1. The van der Waals surface area contributed by atoms with Gasteiger partial charge in [-0.3, -0.25) is 4.79 Å². The number of nitrogens with two attached hydrogens (primary N) is 1. The maximum absolute atomic E-state index is 13.3. The summed E-state index contributed by atoms with van der Waals surface area (Å²) >= 11 is 1.50. The maximum atomic E-state index is 13.3. The first kappa shape index (κ1) is 27.1. The maximum Gasteiger partial charge on any atom is 0.342 e. The van der Waals surface area contributed by atoms with Crippen molar-refractivity contribution in [2.45, 2.75) is 17.4 Å². The fourth-order valence-electron chi connectivity index (χ4n) is 3.95. The largest absolute Gasteiger partial charge is 0.496 e. The van der Waals surface area contributed by atoms with Crippen molar-refractivity contribution in [3.63, 3.8) is 0 Å². The van der Waals surface area contributed by atoms with Crippen LogP contribution in [0.5, 0.6) is 17.2 Å². The van der Waals surface area contributed by atoms with Gasteiger partial charge in [0, 0.05) is 6.42 Å². The molecule has 13 heteroatoms. The lowest BCUT2D eigenvalue weighted by atomic mass is 10.0. The lowest BCUT2D eigenvalue weighted by molar-refractivity contribution is -0.136. The molecule has 200 valence electrons. The zero-order valence-corrected chi connectivity index (χ0v) is 22.4. The van der Waals surface area contributed by atoms with Gasteiger partial charge in [0.15, 0.2) is 18.1 Å². The first-order valence-corrected chi connectivity index (χ1v) is 13.6. The minimum absolute atomic E-state index is 0.0669. The molecule has 0 fully saturated rings. The van der Waals surface area contributed by atoms with Crippen molar-refractivity contribution < 1.29 is 37.0 Å². The summed E-state index contributed by atoms with van der Waals surface area (Å²) in [6, 6.07) is 12.2. The Labute approximate surface area is 223 Å². The van der Waals surface area contributed by atoms with Gasteiger partial charge >= 0.3 is 5.97 Å². The van der Waals surface area contributed by atoms with Crippen LogP contribution in [-0.4, -0.2) is 59.0 Å². The highest BCUT2D eigenvalue weighted by Crippen LogP contribution is 2.38. The molecule has 2 N–H and O–H groups in total. The Morgan fingerprint density at radius 1 is 1.03 bits per heavy atom. The van der Waals surface area contributed by atoms with E-state index in [1.165, 1.54) is 49.8 Å². The summed E-state index contributed by atoms with van der Waals surface area (Å²) < 4.78 is 44.6. The van der Waals surface area contributed by atoms with Crippen LogP contribution >= 0.6 is 11.3 Å². The van der Waals surface area contributed by atoms with Gasteiger partial charge in [-0.1, -0.05) is 12.1 Å². The van der Waals surface area contributed by atoms with E-state index in [1.54, 1.807) is 12.1 Å². The summed E-state index contributed by atoms with van der Waals surface area (Å²) in [7, 11) is 0.283. The van der Waals surface area contributed by atoms with Crippen LogP contribution in [0.15, 0.2) is 63.9 Å². The average Bonchev–Trinajstić information content (AvgIpc) is 3.61. The Morgan fingerprint density at radius 2 is 1.74 bits per heavy atom. The first-order chi connectivity index (χ1) is 18.2. The molecule has 0 bridgehead atoms. The lowest BCUT2D eigenvalue weighted by Crippen LogP contribution is -2.31. The quantitative estimate of drug-likeness (QED) is 0.394. The molecule has 2 heterocycles. The van der Waals surface area contributed by atoms with Crippen LogP contribution in [0, 0.1) is 0 Å². The monoisotopic (exact) mass is 559 g/mol. The van der Waals surface area contributed by atoms with Crippen LogP contribution in [-0.2, 0) is 19.6 Å². The van der Waals surface area contributed by atoms with E-state index >= 15 is 0 Å². The molecule has 1 aliphatic rings. The fourth-order valence-corrected chi connectivity index (χ4v) is 5.21. The third kappa shape index (κ3) is 5.64. The molecule has 38 heavy (non-hydrogen) atoms. The van der Waals surface area contributed by atoms with Crippen molar-refractivity contribution in [3.8, 4) is 17.2 Å². The van der Waals surface area contributed by atoms with Crippen molar-refractivity contribution in [2.75, 3.05) is 27.9 Å². The Balaban J connectivity index is 1.59. The molecule has 1 aromatic heterocycles. The van der Waals surface area contributed by atoms with Gasteiger partial charge in [0.2, 0.25) is 10.0 Å². The minimum atomic E-state index is -4.08. The van der Waals surface area contributed by atoms with E-state index < -0.39 is 34.5 Å². The normalized spacial score (nSPS) is 15.1. The summed E-state index contributed by atoms with van der Waals surface area (Å²) in [6.45, 7) is -0.646. The zero-order chi connectivity index (χ0) is 27.4. The number of amides is 1. The van der Waals surface area contributed by atoms with Gasteiger partial charge in [-0.05, 0) is 47.3 Å². The first-order valence-electron chi connectivity index (χ1n) is 11.2. The number of thiophene rings is 1. The average molecular weight is 560 g/mol. The highest BCUT2D eigenvalue weighted by atomic mass is 32.2. The van der Waals surface area contributed by atoms with Gasteiger partial charge in [-0.25, -0.2) is 23.4 Å². The molecule has 1 amide bonds. The number of methoxy groups -OCH3 is 3. The Bertz CT molecular complexity index is 1490. The standard InChI is InChI=1S/C25H25N3O8S2/c1-33-20-9-7-16(38(26,31)32)12-17(20)25(30)36-14-24(29)28-19(13-18(27-28)23-5-4-10-37-23)15-6-8-21(34-2)22(11-15)35-3/h4-12,19H,13-14H2,1-3H3,(H2,26,31,32)/t19-/m0/s1. The number of hydrazone groups is 1. The molecule has 3 aromatic rings. The van der Waals surface area contributed by atoms with Crippen molar-refractivity contribution >= 4 is 38.9 Å². The predicted molar refractivity (Wildman–Crippen MR) is 139 cm³/mol. The van der Waals surface area contributed by atoms with Crippen LogP contribution in [0.25, 0.3) is 0 Å². The topological polar surface area (TPSA) is 147 Å². The Morgan fingerprint density at radius 3 is 2.37 bits per heavy atom. The number of nitrogens with zero attached hydrogens (tertiary/aromatic N) is 2. The van der Waals surface area contributed by atoms with Crippen LogP contribution in [0.3, 0.4) is 0 Å². The van der Waals surface area contributed by atoms with Gasteiger partial charge < -0.3 is 18.9 Å². The number of benzene rings is 2. The van der Waals surface area contributed by atoms with Crippen LogP contribution in [0.4, 0.5) is 0 Å². The van der Waals surface area contributed by atoms with Crippen molar-refractivity contribution in [1.29, 1.82) is 0 Å². The zero-order valence-electron chi connectivity index (χ0n) is 20.7. The number of carbonyl (C=O) groups excluding carboxylic acids is 2. The molecule has 0 radical (unpaired) electrons. The van der Waals surface area contributed by atoms with E-state index in [9.17, 15) is 18.0 Å².